The van der Waals surface area contributed by atoms with Gasteiger partial charge < -0.3 is 15.5 Å². The molecule has 1 aromatic heterocycles. The van der Waals surface area contributed by atoms with E-state index in [4.69, 9.17) is 10.5 Å². The highest BCUT2D eigenvalue weighted by molar-refractivity contribution is 5.95. The van der Waals surface area contributed by atoms with E-state index in [-0.39, 0.29) is 12.1 Å². The molecular weight excluding hydrogens is 264 g/mol. The van der Waals surface area contributed by atoms with Crippen molar-refractivity contribution in [3.63, 3.8) is 0 Å². The Labute approximate surface area is 124 Å². The van der Waals surface area contributed by atoms with Crippen LogP contribution in [0.3, 0.4) is 0 Å². The van der Waals surface area contributed by atoms with Gasteiger partial charge >= 0.3 is 5.97 Å². The smallest absolute Gasteiger partial charge is 0.355 e. The minimum absolute atomic E-state index is 0.0349. The molecule has 3 rings (SSSR count). The molecular formula is C17H22N2O2. The fraction of sp³-hybridized carbons (Fsp3) is 0.471. The zero-order valence-corrected chi connectivity index (χ0v) is 12.6. The van der Waals surface area contributed by atoms with Crippen molar-refractivity contribution < 1.29 is 9.53 Å². The third-order valence-electron chi connectivity index (χ3n) is 4.27. The Hall–Kier alpha value is -1.97. The lowest BCUT2D eigenvalue weighted by molar-refractivity contribution is 0.00754. The lowest BCUT2D eigenvalue weighted by atomic mass is 9.82. The minimum atomic E-state index is -0.268. The molecule has 1 saturated carbocycles. The number of fused-ring (bicyclic) bond motifs is 1. The third kappa shape index (κ3) is 3.04. The van der Waals surface area contributed by atoms with Crippen LogP contribution in [0.25, 0.3) is 10.9 Å². The number of benzene rings is 1. The van der Waals surface area contributed by atoms with Gasteiger partial charge in [-0.3, -0.25) is 0 Å². The zero-order chi connectivity index (χ0) is 15.0. The number of nitrogens with one attached hydrogen (secondary N) is 1. The molecule has 112 valence electrons. The molecule has 1 fully saturated rings. The second kappa shape index (κ2) is 5.43. The van der Waals surface area contributed by atoms with E-state index in [1.165, 1.54) is 6.42 Å². The summed E-state index contributed by atoms with van der Waals surface area (Å²) in [5, 5.41) is 0.937. The molecule has 0 saturated heterocycles. The van der Waals surface area contributed by atoms with E-state index >= 15 is 0 Å². The Kier molecular flexibility index (Phi) is 3.62. The first kappa shape index (κ1) is 14.0. The van der Waals surface area contributed by atoms with Crippen molar-refractivity contribution in [3.05, 3.63) is 30.0 Å². The van der Waals surface area contributed by atoms with Gasteiger partial charge in [0.25, 0.3) is 0 Å². The quantitative estimate of drug-likeness (QED) is 0.653. The number of rotatable bonds is 2. The van der Waals surface area contributed by atoms with Crippen LogP contribution in [0.5, 0.6) is 0 Å². The zero-order valence-electron chi connectivity index (χ0n) is 12.6. The number of carbonyl (C=O) groups excluding carboxylic acids is 1. The number of aromatic nitrogens is 1. The second-order valence-electron chi connectivity index (χ2n) is 6.47. The molecule has 4 heteroatoms. The number of ether oxygens (including phenoxy) is 1. The van der Waals surface area contributed by atoms with Crippen LogP contribution in [0.4, 0.5) is 5.69 Å². The molecule has 1 aliphatic carbocycles. The molecule has 1 aliphatic rings. The van der Waals surface area contributed by atoms with Gasteiger partial charge in [-0.15, -0.1) is 0 Å². The van der Waals surface area contributed by atoms with E-state index in [9.17, 15) is 4.79 Å². The average molecular weight is 286 g/mol. The summed E-state index contributed by atoms with van der Waals surface area (Å²) >= 11 is 0. The molecule has 1 heterocycles. The average Bonchev–Trinajstić information content (AvgIpc) is 2.80. The number of hydrogen-bond donors (Lipinski definition) is 2. The summed E-state index contributed by atoms with van der Waals surface area (Å²) in [6.45, 7) is 4.45. The number of aromatic amines is 1. The number of esters is 1. The first-order chi connectivity index (χ1) is 10.0. The van der Waals surface area contributed by atoms with Crippen LogP contribution in [-0.2, 0) is 4.74 Å². The summed E-state index contributed by atoms with van der Waals surface area (Å²) in [7, 11) is 0. The van der Waals surface area contributed by atoms with Gasteiger partial charge in [-0.05, 0) is 55.4 Å². The highest BCUT2D eigenvalue weighted by Crippen LogP contribution is 2.31. The van der Waals surface area contributed by atoms with Crippen molar-refractivity contribution in [2.45, 2.75) is 39.2 Å². The van der Waals surface area contributed by atoms with Gasteiger partial charge in [0.2, 0.25) is 0 Å². The fourth-order valence-corrected chi connectivity index (χ4v) is 3.45. The van der Waals surface area contributed by atoms with E-state index < -0.39 is 0 Å². The standard InChI is InChI=1S/C17H22N2O2/c1-10-5-11(2)7-14(6-10)21-17(20)16-9-12-8-13(18)3-4-15(12)19-16/h3-4,8-11,14,19H,5-7,18H2,1-2H3. The van der Waals surface area contributed by atoms with E-state index in [0.29, 0.717) is 23.2 Å². The molecule has 2 aromatic rings. The van der Waals surface area contributed by atoms with Crippen LogP contribution in [-0.4, -0.2) is 17.1 Å². The Balaban J connectivity index is 1.74. The van der Waals surface area contributed by atoms with Crippen molar-refractivity contribution in [1.82, 2.24) is 4.98 Å². The summed E-state index contributed by atoms with van der Waals surface area (Å²) in [5.74, 6) is 0.971. The van der Waals surface area contributed by atoms with Gasteiger partial charge in [-0.25, -0.2) is 4.79 Å². The monoisotopic (exact) mass is 286 g/mol. The number of nitrogens with two attached hydrogens (primary N) is 1. The largest absolute Gasteiger partial charge is 0.458 e. The van der Waals surface area contributed by atoms with Crippen LogP contribution >= 0.6 is 0 Å². The molecule has 0 bridgehead atoms. The fourth-order valence-electron chi connectivity index (χ4n) is 3.45. The molecule has 4 nitrogen and oxygen atoms in total. The van der Waals surface area contributed by atoms with E-state index in [1.54, 1.807) is 0 Å². The van der Waals surface area contributed by atoms with Crippen molar-refractivity contribution >= 4 is 22.6 Å². The molecule has 1 aromatic carbocycles. The van der Waals surface area contributed by atoms with E-state index in [2.05, 4.69) is 18.8 Å². The number of hydrogen-bond acceptors (Lipinski definition) is 3. The van der Waals surface area contributed by atoms with E-state index in [1.807, 2.05) is 24.3 Å². The van der Waals surface area contributed by atoms with Crippen molar-refractivity contribution in [2.24, 2.45) is 11.8 Å². The lowest BCUT2D eigenvalue weighted by Crippen LogP contribution is -2.28. The molecule has 21 heavy (non-hydrogen) atoms. The van der Waals surface area contributed by atoms with Crippen LogP contribution < -0.4 is 5.73 Å². The summed E-state index contributed by atoms with van der Waals surface area (Å²) in [4.78, 5) is 15.4. The van der Waals surface area contributed by atoms with Crippen LogP contribution in [0, 0.1) is 11.8 Å². The van der Waals surface area contributed by atoms with Crippen molar-refractivity contribution in [3.8, 4) is 0 Å². The van der Waals surface area contributed by atoms with Crippen molar-refractivity contribution in [1.29, 1.82) is 0 Å². The van der Waals surface area contributed by atoms with Gasteiger partial charge in [0.15, 0.2) is 0 Å². The van der Waals surface area contributed by atoms with Gasteiger partial charge in [-0.2, -0.15) is 0 Å². The Morgan fingerprint density at radius 2 is 1.90 bits per heavy atom. The highest BCUT2D eigenvalue weighted by Gasteiger charge is 2.27. The first-order valence-electron chi connectivity index (χ1n) is 7.60. The lowest BCUT2D eigenvalue weighted by Gasteiger charge is -2.30. The number of anilines is 1. The van der Waals surface area contributed by atoms with Gasteiger partial charge in [0.1, 0.15) is 11.8 Å². The Morgan fingerprint density at radius 1 is 1.19 bits per heavy atom. The Morgan fingerprint density at radius 3 is 2.62 bits per heavy atom. The molecule has 0 radical (unpaired) electrons. The topological polar surface area (TPSA) is 68.1 Å². The predicted molar refractivity (Wildman–Crippen MR) is 84.1 cm³/mol. The summed E-state index contributed by atoms with van der Waals surface area (Å²) in [6.07, 6.45) is 3.18. The van der Waals surface area contributed by atoms with Crippen molar-refractivity contribution in [2.75, 3.05) is 5.73 Å². The normalized spacial score (nSPS) is 25.9. The SMILES string of the molecule is CC1CC(C)CC(OC(=O)c2cc3cc(N)ccc3[nH]2)C1. The molecule has 0 spiro atoms. The van der Waals surface area contributed by atoms with Gasteiger partial charge in [-0.1, -0.05) is 13.8 Å². The maximum Gasteiger partial charge on any atom is 0.355 e. The molecule has 3 N–H and O–H groups in total. The number of H-pyrrole nitrogens is 1. The first-order valence-corrected chi connectivity index (χ1v) is 7.60. The third-order valence-corrected chi connectivity index (χ3v) is 4.27. The number of carbonyl (C=O) groups is 1. The van der Waals surface area contributed by atoms with Gasteiger partial charge in [0, 0.05) is 16.6 Å². The molecule has 2 atom stereocenters. The Bertz CT molecular complexity index is 652. The maximum absolute atomic E-state index is 12.3. The van der Waals surface area contributed by atoms with Crippen LogP contribution in [0.1, 0.15) is 43.6 Å². The van der Waals surface area contributed by atoms with Gasteiger partial charge in [0.05, 0.1) is 0 Å². The second-order valence-corrected chi connectivity index (χ2v) is 6.47. The maximum atomic E-state index is 12.3. The highest BCUT2D eigenvalue weighted by atomic mass is 16.5. The van der Waals surface area contributed by atoms with E-state index in [0.717, 1.165) is 23.7 Å². The molecule has 2 unspecified atom stereocenters. The summed E-state index contributed by atoms with van der Waals surface area (Å²) in [5.41, 5.74) is 7.86. The number of nitrogen functional groups attached to an aromatic ring is 1. The van der Waals surface area contributed by atoms with Crippen LogP contribution in [0.2, 0.25) is 0 Å². The molecule has 0 aliphatic heterocycles. The minimum Gasteiger partial charge on any atom is -0.458 e. The summed E-state index contributed by atoms with van der Waals surface area (Å²) in [6, 6.07) is 7.36. The van der Waals surface area contributed by atoms with Crippen LogP contribution in [0.15, 0.2) is 24.3 Å². The summed E-state index contributed by atoms with van der Waals surface area (Å²) < 4.78 is 5.68. The predicted octanol–water partition coefficient (Wildman–Crippen LogP) is 3.73. The molecule has 0 amide bonds.